The average Bonchev–Trinajstić information content (AvgIpc) is 2.42. The fourth-order valence-corrected chi connectivity index (χ4v) is 2.32. The molecular weight excluding hydrogens is 288 g/mol. The minimum atomic E-state index is -0.454. The van der Waals surface area contributed by atoms with Gasteiger partial charge in [0.2, 0.25) is 0 Å². The van der Waals surface area contributed by atoms with Gasteiger partial charge in [0.1, 0.15) is 5.60 Å². The first-order valence-electron chi connectivity index (χ1n) is 9.32. The zero-order chi connectivity index (χ0) is 17.9. The summed E-state index contributed by atoms with van der Waals surface area (Å²) in [5, 5.41) is 6.54. The van der Waals surface area contributed by atoms with Crippen LogP contribution in [-0.2, 0) is 4.74 Å². The molecule has 0 fully saturated rings. The molecule has 0 aromatic carbocycles. The summed E-state index contributed by atoms with van der Waals surface area (Å²) in [7, 11) is 0. The predicted molar refractivity (Wildman–Crippen MR) is 98.9 cm³/mol. The molecule has 4 nitrogen and oxygen atoms in total. The molecule has 0 bridgehead atoms. The maximum Gasteiger partial charge on any atom is 0.407 e. The van der Waals surface area contributed by atoms with E-state index in [2.05, 4.69) is 38.3 Å². The van der Waals surface area contributed by atoms with Crippen molar-refractivity contribution < 1.29 is 9.53 Å². The number of carbonyl (C=O) groups excluding carboxylic acids is 1. The number of hydrogen-bond acceptors (Lipinski definition) is 3. The molecule has 1 atom stereocenters. The van der Waals surface area contributed by atoms with E-state index in [1.165, 1.54) is 38.5 Å². The number of rotatable bonds is 11. The molecule has 0 saturated heterocycles. The van der Waals surface area contributed by atoms with Crippen LogP contribution in [-0.4, -0.2) is 30.3 Å². The highest BCUT2D eigenvalue weighted by atomic mass is 16.6. The fourth-order valence-electron chi connectivity index (χ4n) is 2.32. The van der Waals surface area contributed by atoms with E-state index >= 15 is 0 Å². The third kappa shape index (κ3) is 11.4. The Morgan fingerprint density at radius 2 is 1.57 bits per heavy atom. The lowest BCUT2D eigenvalue weighted by Crippen LogP contribution is -2.55. The van der Waals surface area contributed by atoms with Crippen molar-refractivity contribution >= 4 is 6.09 Å². The molecule has 4 heteroatoms. The molecule has 0 rings (SSSR count). The van der Waals surface area contributed by atoms with E-state index in [4.69, 9.17) is 4.74 Å². The van der Waals surface area contributed by atoms with Crippen LogP contribution >= 0.6 is 0 Å². The number of unbranched alkanes of at least 4 members (excludes halogenated alkanes) is 5. The summed E-state index contributed by atoms with van der Waals surface area (Å²) in [5.41, 5.74) is -0.565. The van der Waals surface area contributed by atoms with Crippen molar-refractivity contribution in [2.45, 2.75) is 98.1 Å². The van der Waals surface area contributed by atoms with Gasteiger partial charge in [0.05, 0.1) is 0 Å². The highest BCUT2D eigenvalue weighted by molar-refractivity contribution is 5.67. The van der Waals surface area contributed by atoms with E-state index in [0.29, 0.717) is 12.5 Å². The molecule has 0 spiro atoms. The lowest BCUT2D eigenvalue weighted by atomic mass is 9.88. The Morgan fingerprint density at radius 3 is 2.09 bits per heavy atom. The van der Waals surface area contributed by atoms with Crippen LogP contribution in [0.2, 0.25) is 0 Å². The van der Waals surface area contributed by atoms with Gasteiger partial charge in [0.25, 0.3) is 0 Å². The van der Waals surface area contributed by atoms with Gasteiger partial charge in [-0.1, -0.05) is 52.9 Å². The molecule has 1 amide bonds. The van der Waals surface area contributed by atoms with Crippen molar-refractivity contribution in [1.29, 1.82) is 0 Å². The van der Waals surface area contributed by atoms with Crippen molar-refractivity contribution in [1.82, 2.24) is 10.6 Å². The molecule has 0 saturated carbocycles. The van der Waals surface area contributed by atoms with Gasteiger partial charge in [-0.2, -0.15) is 0 Å². The maximum absolute atomic E-state index is 11.8. The zero-order valence-electron chi connectivity index (χ0n) is 16.6. The fraction of sp³-hybridized carbons (Fsp3) is 0.947. The van der Waals surface area contributed by atoms with Gasteiger partial charge in [-0.15, -0.1) is 0 Å². The minimum Gasteiger partial charge on any atom is -0.444 e. The van der Waals surface area contributed by atoms with Gasteiger partial charge < -0.3 is 15.4 Å². The second kappa shape index (κ2) is 10.9. The smallest absolute Gasteiger partial charge is 0.407 e. The van der Waals surface area contributed by atoms with Gasteiger partial charge >= 0.3 is 6.09 Å². The zero-order valence-corrected chi connectivity index (χ0v) is 16.6. The molecule has 0 aliphatic rings. The van der Waals surface area contributed by atoms with Gasteiger partial charge in [-0.3, -0.25) is 0 Å². The van der Waals surface area contributed by atoms with Gasteiger partial charge in [0.15, 0.2) is 0 Å². The Kier molecular flexibility index (Phi) is 10.5. The lowest BCUT2D eigenvalue weighted by Gasteiger charge is -2.35. The van der Waals surface area contributed by atoms with Crippen molar-refractivity contribution in [2.24, 2.45) is 5.92 Å². The van der Waals surface area contributed by atoms with Crippen molar-refractivity contribution in [3.63, 3.8) is 0 Å². The number of amides is 1. The van der Waals surface area contributed by atoms with Crippen LogP contribution < -0.4 is 10.6 Å². The predicted octanol–water partition coefficient (Wildman–Crippen LogP) is 4.88. The second-order valence-electron chi connectivity index (χ2n) is 8.12. The standard InChI is InChI=1S/C19H40N2O2/c1-8-9-10-11-12-13-14-21-19(7,16(2)3)15-20-17(22)23-18(4,5)6/h16,21H,8-15H2,1-7H3,(H,20,22). The van der Waals surface area contributed by atoms with Crippen LogP contribution in [0.15, 0.2) is 0 Å². The molecule has 138 valence electrons. The summed E-state index contributed by atoms with van der Waals surface area (Å²) in [5.74, 6) is 0.428. The van der Waals surface area contributed by atoms with Crippen LogP contribution in [0.25, 0.3) is 0 Å². The summed E-state index contributed by atoms with van der Waals surface area (Å²) in [6.07, 6.45) is 7.43. The molecule has 0 aliphatic heterocycles. The number of nitrogens with one attached hydrogen (secondary N) is 2. The Bertz CT molecular complexity index is 324. The van der Waals surface area contributed by atoms with Crippen LogP contribution in [0.1, 0.15) is 87.0 Å². The van der Waals surface area contributed by atoms with E-state index in [-0.39, 0.29) is 11.6 Å². The molecule has 0 aliphatic carbocycles. The average molecular weight is 329 g/mol. The van der Waals surface area contributed by atoms with Crippen LogP contribution in [0.3, 0.4) is 0 Å². The molecule has 0 heterocycles. The lowest BCUT2D eigenvalue weighted by molar-refractivity contribution is 0.0503. The molecule has 1 unspecified atom stereocenters. The monoisotopic (exact) mass is 328 g/mol. The second-order valence-corrected chi connectivity index (χ2v) is 8.12. The van der Waals surface area contributed by atoms with Crippen LogP contribution in [0.5, 0.6) is 0 Å². The number of carbonyl (C=O) groups is 1. The summed E-state index contributed by atoms with van der Waals surface area (Å²) in [6, 6.07) is 0. The summed E-state index contributed by atoms with van der Waals surface area (Å²) in [6.45, 7) is 16.0. The molecule has 0 aromatic heterocycles. The Morgan fingerprint density at radius 1 is 1.00 bits per heavy atom. The number of alkyl carbamates (subject to hydrolysis) is 1. The number of hydrogen-bond donors (Lipinski definition) is 2. The van der Waals surface area contributed by atoms with E-state index < -0.39 is 5.60 Å². The van der Waals surface area contributed by atoms with Gasteiger partial charge in [0, 0.05) is 12.1 Å². The van der Waals surface area contributed by atoms with Gasteiger partial charge in [-0.05, 0) is 46.6 Å². The molecule has 23 heavy (non-hydrogen) atoms. The van der Waals surface area contributed by atoms with Crippen molar-refractivity contribution in [2.75, 3.05) is 13.1 Å². The van der Waals surface area contributed by atoms with Crippen molar-refractivity contribution in [3.8, 4) is 0 Å². The number of ether oxygens (including phenoxy) is 1. The largest absolute Gasteiger partial charge is 0.444 e. The molecule has 0 aromatic rings. The highest BCUT2D eigenvalue weighted by Crippen LogP contribution is 2.16. The SMILES string of the molecule is CCCCCCCCNC(C)(CNC(=O)OC(C)(C)C)C(C)C. The summed E-state index contributed by atoms with van der Waals surface area (Å²) in [4.78, 5) is 11.8. The van der Waals surface area contributed by atoms with E-state index in [1.54, 1.807) is 0 Å². The van der Waals surface area contributed by atoms with Gasteiger partial charge in [-0.25, -0.2) is 4.79 Å². The normalized spacial score (nSPS) is 14.6. The Hall–Kier alpha value is -0.770. The van der Waals surface area contributed by atoms with E-state index in [9.17, 15) is 4.79 Å². The van der Waals surface area contributed by atoms with E-state index in [0.717, 1.165) is 6.54 Å². The first-order valence-corrected chi connectivity index (χ1v) is 9.32. The van der Waals surface area contributed by atoms with Crippen LogP contribution in [0.4, 0.5) is 4.79 Å². The molecule has 2 N–H and O–H groups in total. The summed E-state index contributed by atoms with van der Waals surface area (Å²) >= 11 is 0. The minimum absolute atomic E-state index is 0.111. The third-order valence-electron chi connectivity index (χ3n) is 4.33. The first kappa shape index (κ1) is 22.2. The third-order valence-corrected chi connectivity index (χ3v) is 4.33. The Balaban J connectivity index is 4.12. The summed E-state index contributed by atoms with van der Waals surface area (Å²) < 4.78 is 5.32. The quantitative estimate of drug-likeness (QED) is 0.532. The van der Waals surface area contributed by atoms with Crippen LogP contribution in [0, 0.1) is 5.92 Å². The molecular formula is C19H40N2O2. The first-order chi connectivity index (χ1) is 10.6. The van der Waals surface area contributed by atoms with E-state index in [1.807, 2.05) is 20.8 Å². The Labute approximate surface area is 144 Å². The topological polar surface area (TPSA) is 50.4 Å². The molecule has 0 radical (unpaired) electrons. The van der Waals surface area contributed by atoms with Crippen molar-refractivity contribution in [3.05, 3.63) is 0 Å². The maximum atomic E-state index is 11.8. The highest BCUT2D eigenvalue weighted by Gasteiger charge is 2.28.